The number of aliphatic hydroxyl groups is 1. The monoisotopic (exact) mass is 216 g/mol. The van der Waals surface area contributed by atoms with Crippen molar-refractivity contribution in [1.82, 2.24) is 0 Å². The van der Waals surface area contributed by atoms with Crippen LogP contribution in [0.1, 0.15) is 47.5 Å². The quantitative estimate of drug-likeness (QED) is 0.771. The lowest BCUT2D eigenvalue weighted by Crippen LogP contribution is -2.30. The van der Waals surface area contributed by atoms with Gasteiger partial charge in [0.25, 0.3) is 0 Å². The van der Waals surface area contributed by atoms with Crippen molar-refractivity contribution >= 4 is 6.29 Å². The van der Waals surface area contributed by atoms with Gasteiger partial charge in [-0.15, -0.1) is 0 Å². The summed E-state index contributed by atoms with van der Waals surface area (Å²) in [5, 5.41) is 10.6. The second kappa shape index (κ2) is 3.42. The van der Waals surface area contributed by atoms with E-state index in [1.54, 1.807) is 0 Å². The molecule has 0 aliphatic heterocycles. The summed E-state index contributed by atoms with van der Waals surface area (Å²) in [5.41, 5.74) is 1.25. The molecule has 2 heteroatoms. The number of aldehydes is 1. The van der Waals surface area contributed by atoms with Gasteiger partial charge in [-0.05, 0) is 37.2 Å². The summed E-state index contributed by atoms with van der Waals surface area (Å²) in [5.74, 6) is 0.836. The normalized spacial score (nSPS) is 36.6. The van der Waals surface area contributed by atoms with Crippen molar-refractivity contribution < 1.29 is 9.90 Å². The molecule has 84 valence electrons. The van der Waals surface area contributed by atoms with Gasteiger partial charge < -0.3 is 5.11 Å². The number of hydrogen-bond donors (Lipinski definition) is 1. The maximum Gasteiger partial charge on any atom is 0.150 e. The van der Waals surface area contributed by atoms with E-state index in [9.17, 15) is 9.90 Å². The lowest BCUT2D eigenvalue weighted by Gasteiger charge is -2.31. The Kier molecular flexibility index (Phi) is 2.15. The predicted octanol–water partition coefficient (Wildman–Crippen LogP) is 2.52. The van der Waals surface area contributed by atoms with E-state index >= 15 is 0 Å². The molecule has 0 radical (unpaired) electrons. The molecule has 3 atom stereocenters. The van der Waals surface area contributed by atoms with Gasteiger partial charge in [0.05, 0.1) is 5.60 Å². The molecule has 2 fully saturated rings. The highest BCUT2D eigenvalue weighted by molar-refractivity contribution is 5.77. The average molecular weight is 216 g/mol. The molecule has 0 spiro atoms. The van der Waals surface area contributed by atoms with E-state index in [2.05, 4.69) is 0 Å². The summed E-state index contributed by atoms with van der Waals surface area (Å²) < 4.78 is 0. The van der Waals surface area contributed by atoms with Crippen LogP contribution in [0.25, 0.3) is 0 Å². The Labute approximate surface area is 95.3 Å². The zero-order chi connectivity index (χ0) is 11.2. The molecule has 16 heavy (non-hydrogen) atoms. The number of benzene rings is 1. The summed E-state index contributed by atoms with van der Waals surface area (Å²) in [4.78, 5) is 11.0. The van der Waals surface area contributed by atoms with E-state index < -0.39 is 5.60 Å². The topological polar surface area (TPSA) is 37.3 Å². The molecule has 0 aromatic heterocycles. The molecule has 0 amide bonds. The Morgan fingerprint density at radius 1 is 1.38 bits per heavy atom. The third kappa shape index (κ3) is 1.33. The smallest absolute Gasteiger partial charge is 0.150 e. The molecule has 1 aromatic carbocycles. The van der Waals surface area contributed by atoms with E-state index in [1.807, 2.05) is 24.3 Å². The van der Waals surface area contributed by atoms with Gasteiger partial charge in [-0.25, -0.2) is 0 Å². The van der Waals surface area contributed by atoms with Crippen LogP contribution < -0.4 is 0 Å². The fraction of sp³-hybridized carbons (Fsp3) is 0.500. The minimum Gasteiger partial charge on any atom is -0.389 e. The summed E-state index contributed by atoms with van der Waals surface area (Å²) >= 11 is 0. The van der Waals surface area contributed by atoms with E-state index in [0.717, 1.165) is 43.1 Å². The van der Waals surface area contributed by atoms with Crippen LogP contribution in [0.5, 0.6) is 0 Å². The van der Waals surface area contributed by atoms with Gasteiger partial charge in [0.1, 0.15) is 6.29 Å². The number of fused-ring (bicyclic) bond motifs is 2. The molecule has 1 N–H and O–H groups in total. The highest BCUT2D eigenvalue weighted by atomic mass is 16.3. The standard InChI is InChI=1S/C14H16O2/c15-9-11-3-1-2-4-12(11)13-7-10-5-6-14(13,16)8-10/h1-4,9-10,13,16H,5-8H2. The molecule has 0 saturated heterocycles. The third-order valence-corrected chi connectivity index (χ3v) is 4.34. The molecule has 0 heterocycles. The maximum atomic E-state index is 11.0. The van der Waals surface area contributed by atoms with Crippen molar-refractivity contribution in [3.63, 3.8) is 0 Å². The summed E-state index contributed by atoms with van der Waals surface area (Å²) in [7, 11) is 0. The molecule has 2 aliphatic rings. The van der Waals surface area contributed by atoms with Crippen LogP contribution in [0.4, 0.5) is 0 Å². The largest absolute Gasteiger partial charge is 0.389 e. The lowest BCUT2D eigenvalue weighted by atomic mass is 9.79. The second-order valence-corrected chi connectivity index (χ2v) is 5.25. The van der Waals surface area contributed by atoms with Crippen LogP contribution in [-0.2, 0) is 0 Å². The molecule has 2 saturated carbocycles. The molecule has 2 aliphatic carbocycles. The number of carbonyl (C=O) groups excluding carboxylic acids is 1. The highest BCUT2D eigenvalue weighted by Crippen LogP contribution is 2.55. The Morgan fingerprint density at radius 3 is 2.81 bits per heavy atom. The van der Waals surface area contributed by atoms with Crippen LogP contribution in [-0.4, -0.2) is 17.0 Å². The lowest BCUT2D eigenvalue weighted by molar-refractivity contribution is 0.0321. The average Bonchev–Trinajstić information content (AvgIpc) is 2.84. The molecular weight excluding hydrogens is 200 g/mol. The van der Waals surface area contributed by atoms with Gasteiger partial charge in [-0.1, -0.05) is 24.3 Å². The highest BCUT2D eigenvalue weighted by Gasteiger charge is 2.51. The van der Waals surface area contributed by atoms with Crippen LogP contribution in [0.15, 0.2) is 24.3 Å². The molecule has 3 rings (SSSR count). The fourth-order valence-electron chi connectivity index (χ4n) is 3.58. The van der Waals surface area contributed by atoms with E-state index in [1.165, 1.54) is 0 Å². The van der Waals surface area contributed by atoms with Crippen molar-refractivity contribution in [2.75, 3.05) is 0 Å². The maximum absolute atomic E-state index is 11.0. The Bertz CT molecular complexity index is 426. The first kappa shape index (κ1) is 10.0. The minimum absolute atomic E-state index is 0.174. The van der Waals surface area contributed by atoms with Crippen molar-refractivity contribution in [1.29, 1.82) is 0 Å². The van der Waals surface area contributed by atoms with Gasteiger partial charge in [0, 0.05) is 11.5 Å². The number of hydrogen-bond acceptors (Lipinski definition) is 2. The first-order valence-corrected chi connectivity index (χ1v) is 5.99. The van der Waals surface area contributed by atoms with E-state index in [0.29, 0.717) is 5.92 Å². The number of rotatable bonds is 2. The molecule has 2 bridgehead atoms. The molecule has 2 nitrogen and oxygen atoms in total. The summed E-state index contributed by atoms with van der Waals surface area (Å²) in [6.07, 6.45) is 4.92. The van der Waals surface area contributed by atoms with Crippen LogP contribution in [0.3, 0.4) is 0 Å². The van der Waals surface area contributed by atoms with E-state index in [4.69, 9.17) is 0 Å². The van der Waals surface area contributed by atoms with Gasteiger partial charge in [0.2, 0.25) is 0 Å². The van der Waals surface area contributed by atoms with Gasteiger partial charge in [0.15, 0.2) is 0 Å². The van der Waals surface area contributed by atoms with E-state index in [-0.39, 0.29) is 5.92 Å². The van der Waals surface area contributed by atoms with Crippen LogP contribution in [0.2, 0.25) is 0 Å². The van der Waals surface area contributed by atoms with Gasteiger partial charge in [-0.3, -0.25) is 4.79 Å². The third-order valence-electron chi connectivity index (χ3n) is 4.34. The number of carbonyl (C=O) groups is 1. The molecule has 3 unspecified atom stereocenters. The van der Waals surface area contributed by atoms with Crippen LogP contribution in [0, 0.1) is 5.92 Å². The SMILES string of the molecule is O=Cc1ccccc1C1CC2CCC1(O)C2. The first-order valence-electron chi connectivity index (χ1n) is 5.99. The van der Waals surface area contributed by atoms with Gasteiger partial charge >= 0.3 is 0 Å². The Balaban J connectivity index is 2.02. The van der Waals surface area contributed by atoms with Crippen molar-refractivity contribution in [2.45, 2.75) is 37.2 Å². The minimum atomic E-state index is -0.538. The first-order chi connectivity index (χ1) is 7.73. The predicted molar refractivity (Wildman–Crippen MR) is 61.5 cm³/mol. The Hall–Kier alpha value is -1.15. The second-order valence-electron chi connectivity index (χ2n) is 5.25. The molecule has 1 aromatic rings. The zero-order valence-corrected chi connectivity index (χ0v) is 9.23. The zero-order valence-electron chi connectivity index (χ0n) is 9.23. The van der Waals surface area contributed by atoms with Gasteiger partial charge in [-0.2, -0.15) is 0 Å². The molecular formula is C14H16O2. The fourth-order valence-corrected chi connectivity index (χ4v) is 3.58. The van der Waals surface area contributed by atoms with Crippen molar-refractivity contribution in [2.24, 2.45) is 5.92 Å². The summed E-state index contributed by atoms with van der Waals surface area (Å²) in [6, 6.07) is 7.67. The van der Waals surface area contributed by atoms with Crippen molar-refractivity contribution in [3.8, 4) is 0 Å². The van der Waals surface area contributed by atoms with Crippen molar-refractivity contribution in [3.05, 3.63) is 35.4 Å². The van der Waals surface area contributed by atoms with Crippen LogP contribution >= 0.6 is 0 Å². The summed E-state index contributed by atoms with van der Waals surface area (Å²) in [6.45, 7) is 0. The Morgan fingerprint density at radius 2 is 2.19 bits per heavy atom.